The minimum Gasteiger partial charge on any atom is -0.350 e. The van der Waals surface area contributed by atoms with E-state index in [1.54, 1.807) is 59.5 Å². The standard InChI is InChI=1S/C31H27ClN2O3S/c1-21(14-15-22-8-3-2-4-9-22)33-30(35)24-16-17-29-27(19-24)34(20-23-10-7-11-25(32)18-23)31(36)26-12-5-6-13-28(26)38(29)37/h2-13,16-19,21H,14-15,20H2,1H3,(H,33,35)/t21-,38-/m0/s1. The van der Waals surface area contributed by atoms with Crippen LogP contribution in [0.5, 0.6) is 0 Å². The van der Waals surface area contributed by atoms with Gasteiger partial charge in [-0.05, 0) is 73.4 Å². The highest BCUT2D eigenvalue weighted by atomic mass is 35.5. The molecule has 7 heteroatoms. The molecular weight excluding hydrogens is 516 g/mol. The fourth-order valence-electron chi connectivity index (χ4n) is 4.59. The molecule has 1 aliphatic rings. The Hall–Kier alpha value is -3.74. The summed E-state index contributed by atoms with van der Waals surface area (Å²) in [7, 11) is -1.59. The maximum atomic E-state index is 13.8. The van der Waals surface area contributed by atoms with Crippen LogP contribution in [-0.2, 0) is 23.8 Å². The van der Waals surface area contributed by atoms with E-state index >= 15 is 0 Å². The van der Waals surface area contributed by atoms with E-state index in [1.807, 2.05) is 37.3 Å². The van der Waals surface area contributed by atoms with Gasteiger partial charge in [-0.3, -0.25) is 9.59 Å². The Kier molecular flexibility index (Phi) is 7.72. The normalized spacial score (nSPS) is 15.3. The second kappa shape index (κ2) is 11.3. The third kappa shape index (κ3) is 5.57. The summed E-state index contributed by atoms with van der Waals surface area (Å²) >= 11 is 6.21. The molecule has 0 bridgehead atoms. The first-order valence-corrected chi connectivity index (χ1v) is 14.0. The highest BCUT2D eigenvalue weighted by Crippen LogP contribution is 2.36. The smallest absolute Gasteiger partial charge is 0.259 e. The number of rotatable bonds is 7. The van der Waals surface area contributed by atoms with E-state index in [0.29, 0.717) is 31.6 Å². The van der Waals surface area contributed by atoms with Crippen LogP contribution >= 0.6 is 11.6 Å². The number of nitrogens with one attached hydrogen (secondary N) is 1. The fourth-order valence-corrected chi connectivity index (χ4v) is 6.14. The average Bonchev–Trinajstić information content (AvgIpc) is 3.02. The Bertz CT molecular complexity index is 1520. The third-order valence-electron chi connectivity index (χ3n) is 6.59. The van der Waals surface area contributed by atoms with Gasteiger partial charge in [-0.1, -0.05) is 66.2 Å². The molecule has 2 atom stereocenters. The van der Waals surface area contributed by atoms with E-state index in [-0.39, 0.29) is 24.4 Å². The van der Waals surface area contributed by atoms with Crippen molar-refractivity contribution < 1.29 is 13.8 Å². The van der Waals surface area contributed by atoms with Gasteiger partial charge < -0.3 is 10.2 Å². The number of halogens is 1. The van der Waals surface area contributed by atoms with Gasteiger partial charge in [0, 0.05) is 16.6 Å². The molecule has 0 radical (unpaired) electrons. The predicted octanol–water partition coefficient (Wildman–Crippen LogP) is 6.42. The molecule has 0 spiro atoms. The number of carbonyl (C=O) groups excluding carboxylic acids is 2. The van der Waals surface area contributed by atoms with Gasteiger partial charge in [0.05, 0.1) is 38.4 Å². The first kappa shape index (κ1) is 25.9. The minimum absolute atomic E-state index is 0.0518. The van der Waals surface area contributed by atoms with Crippen LogP contribution in [0.3, 0.4) is 0 Å². The molecule has 1 N–H and O–H groups in total. The van der Waals surface area contributed by atoms with Crippen molar-refractivity contribution in [3.05, 3.63) is 124 Å². The highest BCUT2D eigenvalue weighted by Gasteiger charge is 2.31. The summed E-state index contributed by atoms with van der Waals surface area (Å²) in [5.74, 6) is -0.516. The van der Waals surface area contributed by atoms with Gasteiger partial charge in [0.25, 0.3) is 11.8 Å². The number of benzene rings is 4. The number of amides is 2. The summed E-state index contributed by atoms with van der Waals surface area (Å²) in [5.41, 5.74) is 3.28. The van der Waals surface area contributed by atoms with Crippen LogP contribution in [0.1, 0.15) is 45.2 Å². The van der Waals surface area contributed by atoms with Crippen molar-refractivity contribution in [2.24, 2.45) is 0 Å². The molecule has 0 fully saturated rings. The second-order valence-electron chi connectivity index (χ2n) is 9.37. The average molecular weight is 543 g/mol. The zero-order chi connectivity index (χ0) is 26.6. The number of aryl methyl sites for hydroxylation is 1. The Morgan fingerprint density at radius 1 is 0.895 bits per heavy atom. The first-order chi connectivity index (χ1) is 18.4. The quantitative estimate of drug-likeness (QED) is 0.293. The molecule has 5 rings (SSSR count). The van der Waals surface area contributed by atoms with Crippen LogP contribution in [-0.4, -0.2) is 22.1 Å². The van der Waals surface area contributed by atoms with Crippen molar-refractivity contribution >= 4 is 39.9 Å². The van der Waals surface area contributed by atoms with Gasteiger partial charge in [-0.2, -0.15) is 0 Å². The minimum atomic E-state index is -1.59. The number of hydrogen-bond acceptors (Lipinski definition) is 3. The lowest BCUT2D eigenvalue weighted by Crippen LogP contribution is -2.33. The molecule has 4 aromatic carbocycles. The van der Waals surface area contributed by atoms with Gasteiger partial charge in [0.1, 0.15) is 0 Å². The molecule has 4 aromatic rings. The van der Waals surface area contributed by atoms with Crippen molar-refractivity contribution in [2.75, 3.05) is 4.90 Å². The topological polar surface area (TPSA) is 66.5 Å². The van der Waals surface area contributed by atoms with Gasteiger partial charge in [0.15, 0.2) is 0 Å². The van der Waals surface area contributed by atoms with Crippen LogP contribution in [0.4, 0.5) is 5.69 Å². The lowest BCUT2D eigenvalue weighted by atomic mass is 10.1. The molecule has 0 saturated carbocycles. The van der Waals surface area contributed by atoms with Crippen LogP contribution in [0.25, 0.3) is 0 Å². The number of carbonyl (C=O) groups is 2. The van der Waals surface area contributed by atoms with E-state index in [1.165, 1.54) is 5.56 Å². The molecule has 0 aliphatic carbocycles. The fraction of sp³-hybridized carbons (Fsp3) is 0.161. The van der Waals surface area contributed by atoms with E-state index in [4.69, 9.17) is 11.6 Å². The van der Waals surface area contributed by atoms with Gasteiger partial charge in [-0.25, -0.2) is 4.21 Å². The van der Waals surface area contributed by atoms with Crippen LogP contribution in [0.15, 0.2) is 107 Å². The van der Waals surface area contributed by atoms with Crippen molar-refractivity contribution in [2.45, 2.75) is 42.1 Å². The molecule has 5 nitrogen and oxygen atoms in total. The lowest BCUT2D eigenvalue weighted by molar-refractivity contribution is 0.0935. The van der Waals surface area contributed by atoms with Crippen molar-refractivity contribution in [3.8, 4) is 0 Å². The first-order valence-electron chi connectivity index (χ1n) is 12.5. The van der Waals surface area contributed by atoms with E-state index < -0.39 is 10.8 Å². The number of fused-ring (bicyclic) bond motifs is 2. The van der Waals surface area contributed by atoms with Crippen LogP contribution in [0.2, 0.25) is 5.02 Å². The SMILES string of the molecule is C[C@@H](CCc1ccccc1)NC(=O)c1ccc2c(c1)N(Cc1cccc(Cl)c1)C(=O)c1ccccc1[S@@]2=O. The number of nitrogens with zero attached hydrogens (tertiary/aromatic N) is 1. The lowest BCUT2D eigenvalue weighted by Gasteiger charge is -2.24. The van der Waals surface area contributed by atoms with Gasteiger partial charge in [-0.15, -0.1) is 0 Å². The van der Waals surface area contributed by atoms with Crippen LogP contribution in [0, 0.1) is 0 Å². The third-order valence-corrected chi connectivity index (χ3v) is 8.33. The summed E-state index contributed by atoms with van der Waals surface area (Å²) in [6.07, 6.45) is 1.64. The molecule has 1 heterocycles. The summed E-state index contributed by atoms with van der Waals surface area (Å²) in [5, 5.41) is 3.63. The Morgan fingerprint density at radius 3 is 2.42 bits per heavy atom. The Morgan fingerprint density at radius 2 is 1.63 bits per heavy atom. The zero-order valence-electron chi connectivity index (χ0n) is 20.9. The Balaban J connectivity index is 1.45. The van der Waals surface area contributed by atoms with Crippen molar-refractivity contribution in [3.63, 3.8) is 0 Å². The highest BCUT2D eigenvalue weighted by molar-refractivity contribution is 7.85. The molecule has 0 aromatic heterocycles. The van der Waals surface area contributed by atoms with Gasteiger partial charge >= 0.3 is 0 Å². The second-order valence-corrected chi connectivity index (χ2v) is 11.2. The summed E-state index contributed by atoms with van der Waals surface area (Å²) in [6, 6.07) is 29.3. The summed E-state index contributed by atoms with van der Waals surface area (Å²) in [6.45, 7) is 2.20. The van der Waals surface area contributed by atoms with Gasteiger partial charge in [0.2, 0.25) is 0 Å². The predicted molar refractivity (Wildman–Crippen MR) is 151 cm³/mol. The van der Waals surface area contributed by atoms with E-state index in [9.17, 15) is 13.8 Å². The maximum absolute atomic E-state index is 13.8. The monoisotopic (exact) mass is 542 g/mol. The zero-order valence-corrected chi connectivity index (χ0v) is 22.5. The molecule has 1 aliphatic heterocycles. The molecule has 2 amide bonds. The maximum Gasteiger partial charge on any atom is 0.259 e. The molecule has 0 saturated heterocycles. The number of hydrogen-bond donors (Lipinski definition) is 1. The summed E-state index contributed by atoms with van der Waals surface area (Å²) < 4.78 is 13.6. The van der Waals surface area contributed by atoms with E-state index in [0.717, 1.165) is 18.4 Å². The molecule has 38 heavy (non-hydrogen) atoms. The van der Waals surface area contributed by atoms with E-state index in [2.05, 4.69) is 17.4 Å². The summed E-state index contributed by atoms with van der Waals surface area (Å²) in [4.78, 5) is 29.5. The largest absolute Gasteiger partial charge is 0.350 e. The molecular formula is C31H27ClN2O3S. The Labute approximate surface area is 229 Å². The van der Waals surface area contributed by atoms with Crippen molar-refractivity contribution in [1.82, 2.24) is 5.32 Å². The van der Waals surface area contributed by atoms with Crippen molar-refractivity contribution in [1.29, 1.82) is 0 Å². The number of anilines is 1. The van der Waals surface area contributed by atoms with Crippen LogP contribution < -0.4 is 10.2 Å². The molecule has 0 unspecified atom stereocenters. The molecule has 192 valence electrons.